The maximum atomic E-state index is 12.3. The maximum Gasteiger partial charge on any atom is 0.244 e. The van der Waals surface area contributed by atoms with Crippen molar-refractivity contribution in [2.75, 3.05) is 19.6 Å². The Morgan fingerprint density at radius 3 is 2.35 bits per heavy atom. The summed E-state index contributed by atoms with van der Waals surface area (Å²) in [6, 6.07) is 20.0. The molecule has 1 saturated heterocycles. The van der Waals surface area contributed by atoms with Crippen LogP contribution >= 0.6 is 0 Å². The molecule has 2 heterocycles. The summed E-state index contributed by atoms with van der Waals surface area (Å²) in [6.07, 6.45) is 7.23. The molecule has 158 valence electrons. The fourth-order valence-corrected chi connectivity index (χ4v) is 3.70. The van der Waals surface area contributed by atoms with Gasteiger partial charge in [0.05, 0.1) is 18.8 Å². The average Bonchev–Trinajstić information content (AvgIpc) is 3.48. The molecular formula is C25H26N4O2. The number of rotatable bonds is 7. The van der Waals surface area contributed by atoms with Crippen LogP contribution in [0.1, 0.15) is 24.0 Å². The number of nitrogens with one attached hydrogen (secondary N) is 1. The Morgan fingerprint density at radius 1 is 0.968 bits per heavy atom. The van der Waals surface area contributed by atoms with Gasteiger partial charge in [-0.25, -0.2) is 0 Å². The van der Waals surface area contributed by atoms with Crippen molar-refractivity contribution in [1.82, 2.24) is 20.0 Å². The van der Waals surface area contributed by atoms with Gasteiger partial charge in [-0.05, 0) is 24.5 Å². The van der Waals surface area contributed by atoms with Crippen molar-refractivity contribution >= 4 is 17.9 Å². The van der Waals surface area contributed by atoms with Gasteiger partial charge < -0.3 is 10.2 Å². The fraction of sp³-hybridized carbons (Fsp3) is 0.240. The van der Waals surface area contributed by atoms with Gasteiger partial charge in [-0.3, -0.25) is 14.3 Å². The average molecular weight is 415 g/mol. The second-order valence-electron chi connectivity index (χ2n) is 7.62. The molecule has 0 unspecified atom stereocenters. The Bertz CT molecular complexity index is 1050. The van der Waals surface area contributed by atoms with E-state index >= 15 is 0 Å². The molecule has 0 atom stereocenters. The molecule has 0 aliphatic carbocycles. The van der Waals surface area contributed by atoms with Crippen molar-refractivity contribution in [2.45, 2.75) is 19.4 Å². The Balaban J connectivity index is 1.47. The van der Waals surface area contributed by atoms with Crippen molar-refractivity contribution in [3.8, 4) is 11.3 Å². The maximum absolute atomic E-state index is 12.3. The lowest BCUT2D eigenvalue weighted by Crippen LogP contribution is -2.38. The molecule has 1 aromatic heterocycles. The molecule has 2 aromatic carbocycles. The summed E-state index contributed by atoms with van der Waals surface area (Å²) < 4.78 is 1.88. The topological polar surface area (TPSA) is 67.2 Å². The molecule has 1 aliphatic rings. The minimum atomic E-state index is -0.289. The molecular weight excluding hydrogens is 388 g/mol. The van der Waals surface area contributed by atoms with Gasteiger partial charge in [-0.2, -0.15) is 5.10 Å². The summed E-state index contributed by atoms with van der Waals surface area (Å²) in [7, 11) is 0. The Kier molecular flexibility index (Phi) is 6.57. The number of hydrogen-bond acceptors (Lipinski definition) is 3. The second-order valence-corrected chi connectivity index (χ2v) is 7.62. The highest BCUT2D eigenvalue weighted by Crippen LogP contribution is 2.23. The van der Waals surface area contributed by atoms with Gasteiger partial charge in [0.15, 0.2) is 0 Å². The molecule has 6 heteroatoms. The van der Waals surface area contributed by atoms with Gasteiger partial charge >= 0.3 is 0 Å². The number of nitrogens with zero attached hydrogens (tertiary/aromatic N) is 3. The quantitative estimate of drug-likeness (QED) is 0.603. The van der Waals surface area contributed by atoms with Crippen LogP contribution in [0.25, 0.3) is 17.3 Å². The van der Waals surface area contributed by atoms with E-state index in [0.29, 0.717) is 6.54 Å². The zero-order valence-electron chi connectivity index (χ0n) is 17.4. The van der Waals surface area contributed by atoms with Crippen LogP contribution in [0.15, 0.2) is 72.9 Å². The Morgan fingerprint density at radius 2 is 1.65 bits per heavy atom. The fourth-order valence-electron chi connectivity index (χ4n) is 3.70. The molecule has 1 aliphatic heterocycles. The third kappa shape index (κ3) is 5.48. The predicted molar refractivity (Wildman–Crippen MR) is 121 cm³/mol. The van der Waals surface area contributed by atoms with Crippen molar-refractivity contribution in [2.24, 2.45) is 0 Å². The molecule has 0 bridgehead atoms. The smallest absolute Gasteiger partial charge is 0.244 e. The van der Waals surface area contributed by atoms with Gasteiger partial charge in [-0.1, -0.05) is 60.7 Å². The van der Waals surface area contributed by atoms with Gasteiger partial charge in [-0.15, -0.1) is 0 Å². The molecule has 1 fully saturated rings. The van der Waals surface area contributed by atoms with Gasteiger partial charge in [0.25, 0.3) is 0 Å². The number of carbonyl (C=O) groups excluding carboxylic acids is 2. The highest BCUT2D eigenvalue weighted by atomic mass is 16.2. The highest BCUT2D eigenvalue weighted by Gasteiger charge is 2.17. The Hall–Kier alpha value is -3.67. The van der Waals surface area contributed by atoms with Crippen LogP contribution in [0.4, 0.5) is 0 Å². The van der Waals surface area contributed by atoms with E-state index in [2.05, 4.69) is 17.4 Å². The van der Waals surface area contributed by atoms with E-state index in [1.54, 1.807) is 11.0 Å². The first-order valence-corrected chi connectivity index (χ1v) is 10.6. The number of aromatic nitrogens is 2. The van der Waals surface area contributed by atoms with Crippen LogP contribution in [0, 0.1) is 0 Å². The van der Waals surface area contributed by atoms with E-state index in [0.717, 1.165) is 48.3 Å². The first-order chi connectivity index (χ1) is 15.2. The summed E-state index contributed by atoms with van der Waals surface area (Å²) in [5, 5.41) is 7.44. The molecule has 1 N–H and O–H groups in total. The third-order valence-corrected chi connectivity index (χ3v) is 5.31. The van der Waals surface area contributed by atoms with Crippen LogP contribution in [0.3, 0.4) is 0 Å². The predicted octanol–water partition coefficient (Wildman–Crippen LogP) is 3.35. The molecule has 3 aromatic rings. The van der Waals surface area contributed by atoms with Crippen LogP contribution in [0.2, 0.25) is 0 Å². The molecule has 0 radical (unpaired) electrons. The van der Waals surface area contributed by atoms with E-state index in [9.17, 15) is 9.59 Å². The zero-order valence-corrected chi connectivity index (χ0v) is 17.4. The van der Waals surface area contributed by atoms with Crippen LogP contribution in [-0.4, -0.2) is 46.1 Å². The van der Waals surface area contributed by atoms with Gasteiger partial charge in [0.1, 0.15) is 0 Å². The number of likely N-dealkylation sites (tertiary alicyclic amines) is 1. The van der Waals surface area contributed by atoms with Crippen molar-refractivity contribution in [3.63, 3.8) is 0 Å². The van der Waals surface area contributed by atoms with Crippen LogP contribution in [0.5, 0.6) is 0 Å². The molecule has 0 saturated carbocycles. The number of amides is 2. The van der Waals surface area contributed by atoms with Crippen molar-refractivity contribution < 1.29 is 9.59 Å². The number of carbonyl (C=O) groups is 2. The summed E-state index contributed by atoms with van der Waals surface area (Å²) in [4.78, 5) is 26.2. The lowest BCUT2D eigenvalue weighted by molar-refractivity contribution is -0.131. The summed E-state index contributed by atoms with van der Waals surface area (Å²) >= 11 is 0. The van der Waals surface area contributed by atoms with E-state index in [1.807, 2.05) is 59.4 Å². The normalized spacial score (nSPS) is 13.6. The summed E-state index contributed by atoms with van der Waals surface area (Å²) in [5.74, 6) is -0.317. The first-order valence-electron chi connectivity index (χ1n) is 10.6. The first kappa shape index (κ1) is 20.6. The number of hydrogen-bond donors (Lipinski definition) is 1. The molecule has 6 nitrogen and oxygen atoms in total. The Labute approximate surface area is 182 Å². The third-order valence-electron chi connectivity index (χ3n) is 5.31. The minimum absolute atomic E-state index is 0.0279. The van der Waals surface area contributed by atoms with Crippen LogP contribution in [-0.2, 0) is 16.1 Å². The van der Waals surface area contributed by atoms with Crippen molar-refractivity contribution in [3.05, 3.63) is 84.1 Å². The van der Waals surface area contributed by atoms with E-state index in [4.69, 9.17) is 5.10 Å². The summed E-state index contributed by atoms with van der Waals surface area (Å²) in [5.41, 5.74) is 3.80. The molecule has 0 spiro atoms. The standard InChI is InChI=1S/C25H26N4O2/c30-23(26-17-24(31)28-15-7-8-16-28)14-13-22-19-29(18-20-9-3-1-4-10-20)27-25(22)21-11-5-2-6-12-21/h1-6,9-14,19H,7-8,15-18H2,(H,26,30)/b14-13+. The lowest BCUT2D eigenvalue weighted by Gasteiger charge is -2.14. The van der Waals surface area contributed by atoms with Gasteiger partial charge in [0, 0.05) is 36.5 Å². The van der Waals surface area contributed by atoms with E-state index in [-0.39, 0.29) is 18.4 Å². The zero-order chi connectivity index (χ0) is 21.5. The molecule has 31 heavy (non-hydrogen) atoms. The number of benzene rings is 2. The van der Waals surface area contributed by atoms with Crippen molar-refractivity contribution in [1.29, 1.82) is 0 Å². The SMILES string of the molecule is O=C(/C=C/c1cn(Cc2ccccc2)nc1-c1ccccc1)NCC(=O)N1CCCC1. The minimum Gasteiger partial charge on any atom is -0.343 e. The van der Waals surface area contributed by atoms with E-state index in [1.165, 1.54) is 6.08 Å². The molecule has 2 amide bonds. The second kappa shape index (κ2) is 9.89. The largest absolute Gasteiger partial charge is 0.343 e. The highest BCUT2D eigenvalue weighted by molar-refractivity contribution is 5.95. The monoisotopic (exact) mass is 414 g/mol. The van der Waals surface area contributed by atoms with E-state index < -0.39 is 0 Å². The molecule has 4 rings (SSSR count). The van der Waals surface area contributed by atoms with Crippen LogP contribution < -0.4 is 5.32 Å². The van der Waals surface area contributed by atoms with Gasteiger partial charge in [0.2, 0.25) is 11.8 Å². The lowest BCUT2D eigenvalue weighted by atomic mass is 10.1. The summed E-state index contributed by atoms with van der Waals surface area (Å²) in [6.45, 7) is 2.24.